The van der Waals surface area contributed by atoms with Crippen molar-refractivity contribution >= 4 is 45.4 Å². The molecule has 5 nitrogen and oxygen atoms in total. The van der Waals surface area contributed by atoms with Crippen LogP contribution in [-0.2, 0) is 0 Å². The van der Waals surface area contributed by atoms with Crippen molar-refractivity contribution in [1.82, 2.24) is 5.32 Å². The van der Waals surface area contributed by atoms with E-state index in [0.29, 0.717) is 11.0 Å². The smallest absolute Gasteiger partial charge is 0.337 e. The average molecular weight is 333 g/mol. The summed E-state index contributed by atoms with van der Waals surface area (Å²) >= 11 is 4.80. The topological polar surface area (TPSA) is 78.4 Å². The number of carbonyl (C=O) groups excluding carboxylic acids is 1. The molecule has 18 heavy (non-hydrogen) atoms. The normalized spacial score (nSPS) is 9.89. The van der Waals surface area contributed by atoms with Crippen molar-refractivity contribution in [2.75, 3.05) is 23.9 Å². The number of thioether (sulfide) groups is 1. The van der Waals surface area contributed by atoms with Crippen LogP contribution in [-0.4, -0.2) is 35.7 Å². The summed E-state index contributed by atoms with van der Waals surface area (Å²) < 4.78 is 0.647. The van der Waals surface area contributed by atoms with Crippen molar-refractivity contribution in [3.8, 4) is 0 Å². The van der Waals surface area contributed by atoms with Crippen LogP contribution in [0.3, 0.4) is 0 Å². The number of urea groups is 1. The number of carbonyl (C=O) groups is 2. The lowest BCUT2D eigenvalue weighted by Crippen LogP contribution is -2.31. The number of hydrogen-bond acceptors (Lipinski definition) is 3. The van der Waals surface area contributed by atoms with Crippen molar-refractivity contribution in [1.29, 1.82) is 0 Å². The standard InChI is InChI=1S/C11H13BrN2O3S/c1-18-5-4-13-11(17)14-9-3-2-7(12)6-8(9)10(15)16/h2-3,6H,4-5H2,1H3,(H,15,16)(H2,13,14,17). The fourth-order valence-electron chi connectivity index (χ4n) is 1.24. The number of nitrogens with one attached hydrogen (secondary N) is 2. The second-order valence-electron chi connectivity index (χ2n) is 3.37. The first kappa shape index (κ1) is 14.8. The van der Waals surface area contributed by atoms with Crippen molar-refractivity contribution in [2.45, 2.75) is 0 Å². The highest BCUT2D eigenvalue weighted by Gasteiger charge is 2.12. The van der Waals surface area contributed by atoms with Crippen LogP contribution >= 0.6 is 27.7 Å². The second kappa shape index (κ2) is 7.27. The Morgan fingerprint density at radius 2 is 2.17 bits per heavy atom. The van der Waals surface area contributed by atoms with E-state index < -0.39 is 12.0 Å². The van der Waals surface area contributed by atoms with E-state index in [1.165, 1.54) is 6.07 Å². The molecule has 0 saturated carbocycles. The molecule has 0 aromatic heterocycles. The van der Waals surface area contributed by atoms with Gasteiger partial charge in [-0.3, -0.25) is 0 Å². The van der Waals surface area contributed by atoms with Gasteiger partial charge in [0.1, 0.15) is 0 Å². The van der Waals surface area contributed by atoms with Crippen LogP contribution in [0.1, 0.15) is 10.4 Å². The summed E-state index contributed by atoms with van der Waals surface area (Å²) in [5, 5.41) is 14.2. The van der Waals surface area contributed by atoms with E-state index in [9.17, 15) is 9.59 Å². The van der Waals surface area contributed by atoms with Crippen LogP contribution in [0.25, 0.3) is 0 Å². The first-order valence-corrected chi connectivity index (χ1v) is 7.30. The maximum atomic E-state index is 11.5. The first-order valence-electron chi connectivity index (χ1n) is 5.11. The van der Waals surface area contributed by atoms with Gasteiger partial charge in [-0.25, -0.2) is 9.59 Å². The highest BCUT2D eigenvalue weighted by atomic mass is 79.9. The van der Waals surface area contributed by atoms with Crippen LogP contribution in [0.5, 0.6) is 0 Å². The van der Waals surface area contributed by atoms with Crippen LogP contribution in [0.15, 0.2) is 22.7 Å². The van der Waals surface area contributed by atoms with Gasteiger partial charge < -0.3 is 15.7 Å². The number of anilines is 1. The maximum absolute atomic E-state index is 11.5. The lowest BCUT2D eigenvalue weighted by Gasteiger charge is -2.09. The molecule has 0 fully saturated rings. The molecule has 0 aliphatic rings. The average Bonchev–Trinajstić information content (AvgIpc) is 2.31. The van der Waals surface area contributed by atoms with Crippen LogP contribution in [0.4, 0.5) is 10.5 Å². The van der Waals surface area contributed by atoms with Gasteiger partial charge >= 0.3 is 12.0 Å². The monoisotopic (exact) mass is 332 g/mol. The molecule has 0 aliphatic carbocycles. The lowest BCUT2D eigenvalue weighted by atomic mass is 10.2. The Morgan fingerprint density at radius 3 is 2.78 bits per heavy atom. The van der Waals surface area contributed by atoms with Crippen LogP contribution in [0.2, 0.25) is 0 Å². The third-order valence-electron chi connectivity index (χ3n) is 2.05. The predicted molar refractivity (Wildman–Crippen MR) is 76.5 cm³/mol. The molecule has 3 N–H and O–H groups in total. The Morgan fingerprint density at radius 1 is 1.44 bits per heavy atom. The maximum Gasteiger partial charge on any atom is 0.337 e. The first-order chi connectivity index (χ1) is 8.54. The van der Waals surface area contributed by atoms with Crippen molar-refractivity contribution in [3.63, 3.8) is 0 Å². The van der Waals surface area contributed by atoms with Crippen LogP contribution < -0.4 is 10.6 Å². The highest BCUT2D eigenvalue weighted by Crippen LogP contribution is 2.21. The van der Waals surface area contributed by atoms with E-state index in [1.807, 2.05) is 6.26 Å². The Balaban J connectivity index is 2.72. The van der Waals surface area contributed by atoms with E-state index in [4.69, 9.17) is 5.11 Å². The quantitative estimate of drug-likeness (QED) is 0.724. The molecule has 2 amide bonds. The molecule has 0 bridgehead atoms. The van der Waals surface area contributed by atoms with E-state index in [2.05, 4.69) is 26.6 Å². The molecule has 1 aromatic carbocycles. The van der Waals surface area contributed by atoms with Crippen molar-refractivity contribution in [2.24, 2.45) is 0 Å². The summed E-state index contributed by atoms with van der Waals surface area (Å²) in [6.45, 7) is 0.534. The van der Waals surface area contributed by atoms with Gasteiger partial charge in [0, 0.05) is 16.8 Å². The fraction of sp³-hybridized carbons (Fsp3) is 0.273. The molecule has 0 atom stereocenters. The minimum atomic E-state index is -1.09. The zero-order valence-corrected chi connectivity index (χ0v) is 12.1. The zero-order chi connectivity index (χ0) is 13.5. The minimum absolute atomic E-state index is 0.0457. The molecule has 0 unspecified atom stereocenters. The van der Waals surface area contributed by atoms with Gasteiger partial charge in [0.2, 0.25) is 0 Å². The summed E-state index contributed by atoms with van der Waals surface area (Å²) in [5.41, 5.74) is 0.316. The molecule has 0 heterocycles. The Hall–Kier alpha value is -1.21. The van der Waals surface area contributed by atoms with E-state index >= 15 is 0 Å². The summed E-state index contributed by atoms with van der Waals surface area (Å²) in [6.07, 6.45) is 1.94. The predicted octanol–water partition coefficient (Wildman–Crippen LogP) is 2.63. The molecule has 0 spiro atoms. The second-order valence-corrected chi connectivity index (χ2v) is 5.27. The summed E-state index contributed by atoms with van der Waals surface area (Å²) in [7, 11) is 0. The number of carboxylic acids is 1. The third kappa shape index (κ3) is 4.58. The zero-order valence-electron chi connectivity index (χ0n) is 9.70. The Kier molecular flexibility index (Phi) is 6.00. The van der Waals surface area contributed by atoms with Gasteiger partial charge in [-0.1, -0.05) is 15.9 Å². The number of aromatic carboxylic acids is 1. The van der Waals surface area contributed by atoms with Crippen LogP contribution in [0, 0.1) is 0 Å². The fourth-order valence-corrected chi connectivity index (χ4v) is 1.90. The number of rotatable bonds is 5. The van der Waals surface area contributed by atoms with Gasteiger partial charge in [-0.2, -0.15) is 11.8 Å². The lowest BCUT2D eigenvalue weighted by molar-refractivity contribution is 0.0698. The number of amides is 2. The van der Waals surface area contributed by atoms with Gasteiger partial charge in [0.05, 0.1) is 11.3 Å². The van der Waals surface area contributed by atoms with Gasteiger partial charge in [-0.05, 0) is 24.5 Å². The van der Waals surface area contributed by atoms with Crippen molar-refractivity contribution in [3.05, 3.63) is 28.2 Å². The summed E-state index contributed by atoms with van der Waals surface area (Å²) in [4.78, 5) is 22.5. The molecule has 1 rings (SSSR count). The molecular weight excluding hydrogens is 320 g/mol. The molecule has 7 heteroatoms. The molecule has 98 valence electrons. The minimum Gasteiger partial charge on any atom is -0.478 e. The largest absolute Gasteiger partial charge is 0.478 e. The van der Waals surface area contributed by atoms with E-state index in [0.717, 1.165) is 5.75 Å². The van der Waals surface area contributed by atoms with Gasteiger partial charge in [0.15, 0.2) is 0 Å². The molecule has 0 aliphatic heterocycles. The van der Waals surface area contributed by atoms with E-state index in [-0.39, 0.29) is 11.3 Å². The number of halogens is 1. The van der Waals surface area contributed by atoms with Crippen molar-refractivity contribution < 1.29 is 14.7 Å². The molecular formula is C11H13BrN2O3S. The van der Waals surface area contributed by atoms with E-state index in [1.54, 1.807) is 23.9 Å². The summed E-state index contributed by atoms with van der Waals surface area (Å²) in [6, 6.07) is 4.25. The number of hydrogen-bond donors (Lipinski definition) is 3. The van der Waals surface area contributed by atoms with Gasteiger partial charge in [-0.15, -0.1) is 0 Å². The molecule has 1 aromatic rings. The van der Waals surface area contributed by atoms with Gasteiger partial charge in [0.25, 0.3) is 0 Å². The molecule has 0 saturated heterocycles. The Bertz CT molecular complexity index is 454. The third-order valence-corrected chi connectivity index (χ3v) is 3.16. The Labute approximate surface area is 117 Å². The summed E-state index contributed by atoms with van der Waals surface area (Å²) in [5.74, 6) is -0.282. The molecule has 0 radical (unpaired) electrons. The number of benzene rings is 1. The number of carboxylic acid groups (broad SMARTS) is 1. The SMILES string of the molecule is CSCCNC(=O)Nc1ccc(Br)cc1C(=O)O. The highest BCUT2D eigenvalue weighted by molar-refractivity contribution is 9.10.